The summed E-state index contributed by atoms with van der Waals surface area (Å²) in [6, 6.07) is 0. The van der Waals surface area contributed by atoms with E-state index in [9.17, 15) is 9.59 Å². The lowest BCUT2D eigenvalue weighted by Gasteiger charge is -2.15. The van der Waals surface area contributed by atoms with Crippen LogP contribution in [0.5, 0.6) is 0 Å². The molecule has 5 heteroatoms. The normalized spacial score (nSPS) is 23.7. The van der Waals surface area contributed by atoms with Crippen LogP contribution >= 0.6 is 0 Å². The fourth-order valence-electron chi connectivity index (χ4n) is 1.72. The van der Waals surface area contributed by atoms with Gasteiger partial charge in [-0.2, -0.15) is 0 Å². The highest BCUT2D eigenvalue weighted by molar-refractivity contribution is 5.96. The minimum absolute atomic E-state index is 0.471. The number of rotatable bonds is 3. The van der Waals surface area contributed by atoms with Crippen molar-refractivity contribution in [2.45, 2.75) is 6.92 Å². The van der Waals surface area contributed by atoms with Crippen LogP contribution in [0.15, 0.2) is 12.3 Å². The Morgan fingerprint density at radius 1 is 1.38 bits per heavy atom. The van der Waals surface area contributed by atoms with E-state index in [0.717, 1.165) is 0 Å². The number of carbonyl (C=O) groups is 2. The largest absolute Gasteiger partial charge is 0.469 e. The van der Waals surface area contributed by atoms with Crippen LogP contribution in [0.2, 0.25) is 0 Å². The van der Waals surface area contributed by atoms with Crippen molar-refractivity contribution in [3.63, 3.8) is 0 Å². The van der Waals surface area contributed by atoms with Crippen molar-refractivity contribution in [2.75, 3.05) is 14.2 Å². The lowest BCUT2D eigenvalue weighted by molar-refractivity contribution is -0.424. The fraction of sp³-hybridized carbons (Fsp3) is 0.455. The molecule has 0 aliphatic carbocycles. The molecule has 5 nitrogen and oxygen atoms in total. The molecule has 0 fully saturated rings. The van der Waals surface area contributed by atoms with Gasteiger partial charge in [0.2, 0.25) is 0 Å². The van der Waals surface area contributed by atoms with E-state index in [-0.39, 0.29) is 0 Å². The summed E-state index contributed by atoms with van der Waals surface area (Å²) < 4.78 is 10.9. The van der Waals surface area contributed by atoms with E-state index >= 15 is 0 Å². The lowest BCUT2D eigenvalue weighted by Crippen LogP contribution is -2.30. The molecule has 0 radical (unpaired) electrons. The van der Waals surface area contributed by atoms with Crippen LogP contribution in [0.1, 0.15) is 6.92 Å². The summed E-state index contributed by atoms with van der Waals surface area (Å²) in [5.41, 5.74) is 0.518. The Kier molecular flexibility index (Phi) is 3.71. The average molecular weight is 225 g/mol. The number of nitrogens with zero attached hydrogens (tertiary/aromatic N) is 1. The Morgan fingerprint density at radius 2 is 1.94 bits per heavy atom. The van der Waals surface area contributed by atoms with Gasteiger partial charge < -0.3 is 14.0 Å². The average Bonchev–Trinajstić information content (AvgIpc) is 2.64. The van der Waals surface area contributed by atoms with E-state index in [1.54, 1.807) is 24.3 Å². The molecular weight excluding hydrogens is 210 g/mol. The Hall–Kier alpha value is -1.78. The first-order valence-electron chi connectivity index (χ1n) is 4.84. The summed E-state index contributed by atoms with van der Waals surface area (Å²) in [6.45, 7) is 7.29. The summed E-state index contributed by atoms with van der Waals surface area (Å²) in [6.07, 6.45) is 1.61. The molecule has 0 bridgehead atoms. The van der Waals surface area contributed by atoms with E-state index in [1.165, 1.54) is 14.2 Å². The van der Waals surface area contributed by atoms with Gasteiger partial charge in [-0.05, 0) is 6.92 Å². The van der Waals surface area contributed by atoms with Crippen LogP contribution in [-0.4, -0.2) is 36.9 Å². The van der Waals surface area contributed by atoms with Crippen LogP contribution in [0.25, 0.3) is 0 Å². The molecule has 0 aromatic carbocycles. The Balaban J connectivity index is 3.02. The summed E-state index contributed by atoms with van der Waals surface area (Å²) in [5, 5.41) is 0. The minimum Gasteiger partial charge on any atom is -0.469 e. The summed E-state index contributed by atoms with van der Waals surface area (Å²) in [4.78, 5) is 23.1. The van der Waals surface area contributed by atoms with Crippen molar-refractivity contribution in [3.8, 4) is 0 Å². The number of ether oxygens (including phenoxy) is 2. The second kappa shape index (κ2) is 4.83. The third-order valence-electron chi connectivity index (χ3n) is 2.58. The monoisotopic (exact) mass is 225 g/mol. The number of methoxy groups -OCH3 is 2. The first kappa shape index (κ1) is 12.3. The molecule has 1 rings (SSSR count). The molecule has 0 saturated heterocycles. The highest BCUT2D eigenvalue weighted by atomic mass is 16.5. The minimum atomic E-state index is -0.700. The van der Waals surface area contributed by atoms with E-state index in [4.69, 9.17) is 0 Å². The van der Waals surface area contributed by atoms with Crippen LogP contribution < -0.4 is 0 Å². The summed E-state index contributed by atoms with van der Waals surface area (Å²) >= 11 is 0. The van der Waals surface area contributed by atoms with Crippen LogP contribution in [0, 0.1) is 18.4 Å². The zero-order valence-corrected chi connectivity index (χ0v) is 9.60. The van der Waals surface area contributed by atoms with Gasteiger partial charge in [-0.15, -0.1) is 0 Å². The Labute approximate surface area is 94.3 Å². The van der Waals surface area contributed by atoms with Gasteiger partial charge in [0.1, 0.15) is 11.8 Å². The Bertz CT molecular complexity index is 359. The highest BCUT2D eigenvalue weighted by Gasteiger charge is 2.42. The maximum Gasteiger partial charge on any atom is 0.307 e. The first-order valence-corrected chi connectivity index (χ1v) is 4.84. The van der Waals surface area contributed by atoms with Crippen molar-refractivity contribution in [1.29, 1.82) is 0 Å². The zero-order valence-electron chi connectivity index (χ0n) is 9.60. The van der Waals surface area contributed by atoms with Crippen molar-refractivity contribution in [2.24, 2.45) is 11.8 Å². The molecule has 16 heavy (non-hydrogen) atoms. The van der Waals surface area contributed by atoms with E-state index in [2.05, 4.69) is 16.1 Å². The highest BCUT2D eigenvalue weighted by Crippen LogP contribution is 2.28. The van der Waals surface area contributed by atoms with Gasteiger partial charge in [0.05, 0.1) is 26.1 Å². The molecule has 2 atom stereocenters. The molecule has 1 aliphatic heterocycles. The standard InChI is InChI=1S/C11H15NO4/c1-5-12-6-8(10(13)15-3)9(7(12)2)11(14)16-4/h5-6,8-9H,2H2,1,3-4H3. The van der Waals surface area contributed by atoms with Gasteiger partial charge in [0.25, 0.3) is 0 Å². The van der Waals surface area contributed by atoms with E-state index < -0.39 is 23.8 Å². The molecule has 2 unspecified atom stereocenters. The molecule has 0 amide bonds. The summed E-state index contributed by atoms with van der Waals surface area (Å²) in [7, 11) is 2.56. The molecule has 0 aromatic heterocycles. The molecule has 0 spiro atoms. The Morgan fingerprint density at radius 3 is 2.38 bits per heavy atom. The van der Waals surface area contributed by atoms with Gasteiger partial charge in [-0.3, -0.25) is 9.59 Å². The SMILES string of the molecule is C=C1C(C(=O)OC)C(C(=O)OC)C=[N+]1[CH-]C. The summed E-state index contributed by atoms with van der Waals surface area (Å²) in [5.74, 6) is -2.32. The van der Waals surface area contributed by atoms with Crippen LogP contribution in [0.4, 0.5) is 0 Å². The fourth-order valence-corrected chi connectivity index (χ4v) is 1.72. The van der Waals surface area contributed by atoms with Crippen LogP contribution in [0.3, 0.4) is 0 Å². The second-order valence-corrected chi connectivity index (χ2v) is 3.36. The van der Waals surface area contributed by atoms with Crippen molar-refractivity contribution < 1.29 is 23.6 Å². The number of esters is 2. The van der Waals surface area contributed by atoms with Crippen molar-refractivity contribution in [1.82, 2.24) is 0 Å². The zero-order chi connectivity index (χ0) is 12.3. The van der Waals surface area contributed by atoms with Crippen LogP contribution in [-0.2, 0) is 19.1 Å². The third-order valence-corrected chi connectivity index (χ3v) is 2.58. The maximum atomic E-state index is 11.6. The second-order valence-electron chi connectivity index (χ2n) is 3.36. The predicted octanol–water partition coefficient (Wildman–Crippen LogP) is 0.357. The van der Waals surface area contributed by atoms with Crippen molar-refractivity contribution in [3.05, 3.63) is 18.8 Å². The number of hydrogen-bond donors (Lipinski definition) is 0. The quantitative estimate of drug-likeness (QED) is 0.395. The number of carbonyl (C=O) groups excluding carboxylic acids is 2. The molecule has 0 aromatic rings. The van der Waals surface area contributed by atoms with Gasteiger partial charge in [0, 0.05) is 6.54 Å². The molecular formula is C11H15NO4. The molecule has 1 aliphatic rings. The van der Waals surface area contributed by atoms with Gasteiger partial charge in [0.15, 0.2) is 0 Å². The van der Waals surface area contributed by atoms with Gasteiger partial charge in [-0.25, -0.2) is 0 Å². The van der Waals surface area contributed by atoms with E-state index in [1.807, 2.05) is 0 Å². The molecule has 0 N–H and O–H groups in total. The van der Waals surface area contributed by atoms with Gasteiger partial charge >= 0.3 is 11.9 Å². The first-order chi connectivity index (χ1) is 7.56. The molecule has 0 saturated carbocycles. The lowest BCUT2D eigenvalue weighted by atomic mass is 9.94. The number of hydrogen-bond acceptors (Lipinski definition) is 4. The maximum absolute atomic E-state index is 11.6. The third kappa shape index (κ3) is 1.93. The molecule has 88 valence electrons. The van der Waals surface area contributed by atoms with E-state index in [0.29, 0.717) is 5.70 Å². The topological polar surface area (TPSA) is 55.6 Å². The predicted molar refractivity (Wildman–Crippen MR) is 56.5 cm³/mol. The smallest absolute Gasteiger partial charge is 0.307 e. The van der Waals surface area contributed by atoms with Gasteiger partial charge in [-0.1, -0.05) is 6.58 Å². The van der Waals surface area contributed by atoms with Crippen molar-refractivity contribution >= 4 is 18.2 Å². The molecule has 1 heterocycles.